The van der Waals surface area contributed by atoms with Crippen molar-refractivity contribution in [3.05, 3.63) is 17.9 Å². The summed E-state index contributed by atoms with van der Waals surface area (Å²) in [6.07, 6.45) is 1.47. The van der Waals surface area contributed by atoms with Crippen LogP contribution in [-0.4, -0.2) is 23.9 Å². The van der Waals surface area contributed by atoms with Crippen LogP contribution in [0, 0.1) is 5.82 Å². The predicted octanol–water partition coefficient (Wildman–Crippen LogP) is 2.77. The lowest BCUT2D eigenvalue weighted by Crippen LogP contribution is -2.41. The average Bonchev–Trinajstić information content (AvgIpc) is 2.41. The number of hydrogen-bond donors (Lipinski definition) is 3. The summed E-state index contributed by atoms with van der Waals surface area (Å²) in [7, 11) is 0. The molecule has 1 aromatic rings. The van der Waals surface area contributed by atoms with Gasteiger partial charge in [0.1, 0.15) is 0 Å². The molecule has 1 rings (SSSR count). The summed E-state index contributed by atoms with van der Waals surface area (Å²) in [5.74, 6) is -0.314. The quantitative estimate of drug-likeness (QED) is 0.666. The Morgan fingerprint density at radius 2 is 1.95 bits per heavy atom. The number of nitrogens with one attached hydrogen (secondary N) is 1. The number of nitrogens with two attached hydrogens (primary N) is 1. The third kappa shape index (κ3) is 3.50. The number of halogens is 1. The Labute approximate surface area is 113 Å². The second kappa shape index (κ2) is 6.61. The number of ether oxygens (including phenoxy) is 1. The number of benzene rings is 1. The molecule has 0 aromatic heterocycles. The lowest BCUT2D eigenvalue weighted by atomic mass is 9.93. The van der Waals surface area contributed by atoms with Gasteiger partial charge in [0.15, 0.2) is 11.6 Å². The van der Waals surface area contributed by atoms with Gasteiger partial charge in [0.2, 0.25) is 0 Å². The van der Waals surface area contributed by atoms with E-state index in [1.807, 2.05) is 13.8 Å². The zero-order valence-corrected chi connectivity index (χ0v) is 11.8. The zero-order chi connectivity index (χ0) is 14.5. The van der Waals surface area contributed by atoms with Crippen molar-refractivity contribution < 1.29 is 14.2 Å². The summed E-state index contributed by atoms with van der Waals surface area (Å²) in [6.45, 7) is 6.12. The van der Waals surface area contributed by atoms with Crippen LogP contribution in [-0.2, 0) is 0 Å². The minimum absolute atomic E-state index is 0.0131. The second-order valence-corrected chi connectivity index (χ2v) is 4.57. The fourth-order valence-electron chi connectivity index (χ4n) is 1.92. The number of rotatable bonds is 7. The number of aliphatic hydroxyl groups is 1. The number of aliphatic hydroxyl groups excluding tert-OH is 1. The maximum absolute atomic E-state index is 13.6. The van der Waals surface area contributed by atoms with Crippen LogP contribution in [0.3, 0.4) is 0 Å². The zero-order valence-electron chi connectivity index (χ0n) is 11.8. The van der Waals surface area contributed by atoms with E-state index in [-0.39, 0.29) is 12.4 Å². The van der Waals surface area contributed by atoms with Crippen LogP contribution in [0.5, 0.6) is 5.75 Å². The molecule has 0 saturated carbocycles. The molecule has 0 aliphatic rings. The minimum atomic E-state index is -0.479. The van der Waals surface area contributed by atoms with E-state index >= 15 is 0 Å². The fourth-order valence-corrected chi connectivity index (χ4v) is 1.92. The molecule has 0 bridgehead atoms. The highest BCUT2D eigenvalue weighted by atomic mass is 19.1. The van der Waals surface area contributed by atoms with Crippen molar-refractivity contribution in [1.29, 1.82) is 0 Å². The third-order valence-corrected chi connectivity index (χ3v) is 3.46. The smallest absolute Gasteiger partial charge is 0.167 e. The van der Waals surface area contributed by atoms with Crippen molar-refractivity contribution in [2.24, 2.45) is 0 Å². The third-order valence-electron chi connectivity index (χ3n) is 3.46. The Hall–Kier alpha value is -1.49. The molecule has 0 heterocycles. The molecule has 0 spiro atoms. The van der Waals surface area contributed by atoms with E-state index < -0.39 is 11.4 Å². The molecule has 0 saturated heterocycles. The molecule has 1 aromatic carbocycles. The van der Waals surface area contributed by atoms with Crippen molar-refractivity contribution in [1.82, 2.24) is 0 Å². The lowest BCUT2D eigenvalue weighted by Gasteiger charge is -2.32. The van der Waals surface area contributed by atoms with Gasteiger partial charge in [-0.1, -0.05) is 13.8 Å². The van der Waals surface area contributed by atoms with Gasteiger partial charge in [-0.3, -0.25) is 0 Å². The van der Waals surface area contributed by atoms with Crippen LogP contribution in [0.1, 0.15) is 33.6 Å². The van der Waals surface area contributed by atoms with E-state index in [0.717, 1.165) is 12.8 Å². The Morgan fingerprint density at radius 1 is 1.32 bits per heavy atom. The van der Waals surface area contributed by atoms with Crippen LogP contribution in [0.4, 0.5) is 15.8 Å². The van der Waals surface area contributed by atoms with Crippen molar-refractivity contribution in [2.45, 2.75) is 39.2 Å². The van der Waals surface area contributed by atoms with Gasteiger partial charge >= 0.3 is 0 Å². The molecule has 0 fully saturated rings. The van der Waals surface area contributed by atoms with Crippen LogP contribution in [0.25, 0.3) is 0 Å². The molecule has 0 aliphatic heterocycles. The van der Waals surface area contributed by atoms with Gasteiger partial charge in [0.05, 0.1) is 30.1 Å². The van der Waals surface area contributed by atoms with E-state index in [4.69, 9.17) is 10.5 Å². The number of anilines is 2. The highest BCUT2D eigenvalue weighted by molar-refractivity contribution is 5.69. The number of hydrogen-bond acceptors (Lipinski definition) is 4. The molecule has 4 N–H and O–H groups in total. The normalized spacial score (nSPS) is 11.4. The number of nitrogen functional groups attached to an aromatic ring is 1. The van der Waals surface area contributed by atoms with E-state index in [1.165, 1.54) is 6.07 Å². The molecule has 5 heteroatoms. The van der Waals surface area contributed by atoms with Gasteiger partial charge in [-0.15, -0.1) is 0 Å². The predicted molar refractivity (Wildman–Crippen MR) is 76.0 cm³/mol. The van der Waals surface area contributed by atoms with Gasteiger partial charge in [-0.2, -0.15) is 0 Å². The summed E-state index contributed by atoms with van der Waals surface area (Å²) in [4.78, 5) is 0. The minimum Gasteiger partial charge on any atom is -0.491 e. The summed E-state index contributed by atoms with van der Waals surface area (Å²) in [5, 5.41) is 12.8. The van der Waals surface area contributed by atoms with Crippen LogP contribution in [0.2, 0.25) is 0 Å². The van der Waals surface area contributed by atoms with E-state index in [1.54, 1.807) is 13.0 Å². The van der Waals surface area contributed by atoms with Crippen LogP contribution < -0.4 is 15.8 Å². The highest BCUT2D eigenvalue weighted by Crippen LogP contribution is 2.32. The molecule has 0 radical (unpaired) electrons. The van der Waals surface area contributed by atoms with Gasteiger partial charge < -0.3 is 20.9 Å². The fraction of sp³-hybridized carbons (Fsp3) is 0.571. The Kier molecular flexibility index (Phi) is 5.42. The monoisotopic (exact) mass is 270 g/mol. The first-order valence-corrected chi connectivity index (χ1v) is 6.62. The summed E-state index contributed by atoms with van der Waals surface area (Å²) >= 11 is 0. The van der Waals surface area contributed by atoms with Gasteiger partial charge in [-0.05, 0) is 19.8 Å². The van der Waals surface area contributed by atoms with Crippen molar-refractivity contribution >= 4 is 11.4 Å². The topological polar surface area (TPSA) is 67.5 Å². The van der Waals surface area contributed by atoms with E-state index in [9.17, 15) is 9.50 Å². The van der Waals surface area contributed by atoms with Crippen LogP contribution in [0.15, 0.2) is 12.1 Å². The summed E-state index contributed by atoms with van der Waals surface area (Å²) in [5.41, 5.74) is 6.26. The maximum Gasteiger partial charge on any atom is 0.167 e. The molecule has 0 unspecified atom stereocenters. The molecule has 108 valence electrons. The Bertz CT molecular complexity index is 412. The molecule has 19 heavy (non-hydrogen) atoms. The molecule has 0 amide bonds. The largest absolute Gasteiger partial charge is 0.491 e. The molecular weight excluding hydrogens is 247 g/mol. The first-order valence-electron chi connectivity index (χ1n) is 6.62. The molecular formula is C14H23FN2O2. The highest BCUT2D eigenvalue weighted by Gasteiger charge is 2.26. The van der Waals surface area contributed by atoms with Gasteiger partial charge in [-0.25, -0.2) is 4.39 Å². The van der Waals surface area contributed by atoms with Crippen molar-refractivity contribution in [3.8, 4) is 5.75 Å². The van der Waals surface area contributed by atoms with Crippen molar-refractivity contribution in [2.75, 3.05) is 24.3 Å². The first kappa shape index (κ1) is 15.6. The maximum atomic E-state index is 13.6. The lowest BCUT2D eigenvalue weighted by molar-refractivity contribution is 0.202. The van der Waals surface area contributed by atoms with Gasteiger partial charge in [0, 0.05) is 12.1 Å². The van der Waals surface area contributed by atoms with E-state index in [0.29, 0.717) is 18.0 Å². The molecule has 0 aliphatic carbocycles. The van der Waals surface area contributed by atoms with Crippen molar-refractivity contribution in [3.63, 3.8) is 0 Å². The Morgan fingerprint density at radius 3 is 2.42 bits per heavy atom. The standard InChI is InChI=1S/C14H23FN2O2/c1-4-14(5-2,9-18)17-12-8-13(19-6-3)10(15)7-11(12)16/h7-8,17-18H,4-6,9,16H2,1-3H3. The first-order chi connectivity index (χ1) is 9.01. The molecule has 0 atom stereocenters. The molecule has 4 nitrogen and oxygen atoms in total. The average molecular weight is 270 g/mol. The summed E-state index contributed by atoms with van der Waals surface area (Å²) < 4.78 is 18.8. The van der Waals surface area contributed by atoms with E-state index in [2.05, 4.69) is 5.32 Å². The van der Waals surface area contributed by atoms with Crippen LogP contribution >= 0.6 is 0 Å². The Balaban J connectivity index is 3.09. The second-order valence-electron chi connectivity index (χ2n) is 4.57. The summed E-state index contributed by atoms with van der Waals surface area (Å²) in [6, 6.07) is 2.78. The SMILES string of the molecule is CCOc1cc(NC(CC)(CC)CO)c(N)cc1F. The van der Waals surface area contributed by atoms with Gasteiger partial charge in [0.25, 0.3) is 0 Å².